The summed E-state index contributed by atoms with van der Waals surface area (Å²) >= 11 is 0. The number of aryl methyl sites for hydroxylation is 1. The number of anilines is 4. The monoisotopic (exact) mass is 430 g/mol. The summed E-state index contributed by atoms with van der Waals surface area (Å²) < 4.78 is 42.5. The Hall–Kier alpha value is -3.56. The maximum atomic E-state index is 13.6. The maximum Gasteiger partial charge on any atom is 0.419 e. The van der Waals surface area contributed by atoms with Gasteiger partial charge in [-0.1, -0.05) is 12.1 Å². The highest BCUT2D eigenvalue weighted by atomic mass is 19.4. The van der Waals surface area contributed by atoms with E-state index in [1.165, 1.54) is 19.2 Å². The normalized spacial score (nSPS) is 13.7. The molecule has 0 unspecified atom stereocenters. The van der Waals surface area contributed by atoms with E-state index in [9.17, 15) is 18.0 Å². The molecule has 4 rings (SSSR count). The second-order valence-corrected chi connectivity index (χ2v) is 7.34. The van der Waals surface area contributed by atoms with Gasteiger partial charge in [0.05, 0.1) is 28.2 Å². The van der Waals surface area contributed by atoms with Crippen LogP contribution in [-0.4, -0.2) is 27.7 Å². The van der Waals surface area contributed by atoms with Crippen molar-refractivity contribution in [1.29, 1.82) is 0 Å². The van der Waals surface area contributed by atoms with E-state index in [0.29, 0.717) is 11.7 Å². The first kappa shape index (κ1) is 20.7. The molecular formula is C21H21F3N6O. The molecule has 31 heavy (non-hydrogen) atoms. The average molecular weight is 430 g/mol. The first-order valence-corrected chi connectivity index (χ1v) is 9.72. The Kier molecular flexibility index (Phi) is 5.30. The number of hydrogen-bond donors (Lipinski definition) is 3. The van der Waals surface area contributed by atoms with Crippen LogP contribution in [-0.2, 0) is 13.2 Å². The van der Waals surface area contributed by atoms with E-state index in [1.54, 1.807) is 29.9 Å². The third-order valence-corrected chi connectivity index (χ3v) is 5.03. The Labute approximate surface area is 176 Å². The quantitative estimate of drug-likeness (QED) is 0.534. The van der Waals surface area contributed by atoms with E-state index in [0.717, 1.165) is 24.7 Å². The SMILES string of the molecule is CNC(=O)c1ccccc1Nc1cc(Nc2cc(C3CC3)nn2C)ncc1C(F)(F)F. The van der Waals surface area contributed by atoms with Gasteiger partial charge < -0.3 is 16.0 Å². The fraction of sp³-hybridized carbons (Fsp3) is 0.286. The van der Waals surface area contributed by atoms with Crippen LogP contribution >= 0.6 is 0 Å². The van der Waals surface area contributed by atoms with Crippen molar-refractivity contribution in [3.05, 3.63) is 59.4 Å². The maximum absolute atomic E-state index is 13.6. The third kappa shape index (κ3) is 4.47. The van der Waals surface area contributed by atoms with E-state index in [2.05, 4.69) is 26.0 Å². The zero-order chi connectivity index (χ0) is 22.2. The minimum Gasteiger partial charge on any atom is -0.355 e. The molecule has 162 valence electrons. The fourth-order valence-electron chi connectivity index (χ4n) is 3.24. The lowest BCUT2D eigenvalue weighted by molar-refractivity contribution is -0.137. The highest BCUT2D eigenvalue weighted by molar-refractivity contribution is 6.00. The molecule has 2 heterocycles. The zero-order valence-electron chi connectivity index (χ0n) is 16.9. The molecule has 2 aromatic heterocycles. The second-order valence-electron chi connectivity index (χ2n) is 7.34. The summed E-state index contributed by atoms with van der Waals surface area (Å²) in [6.07, 6.45) is -1.67. The lowest BCUT2D eigenvalue weighted by Crippen LogP contribution is -2.19. The highest BCUT2D eigenvalue weighted by Crippen LogP contribution is 2.41. The highest BCUT2D eigenvalue weighted by Gasteiger charge is 2.35. The summed E-state index contributed by atoms with van der Waals surface area (Å²) in [6.45, 7) is 0. The van der Waals surface area contributed by atoms with Gasteiger partial charge in [-0.25, -0.2) is 4.98 Å². The first-order valence-electron chi connectivity index (χ1n) is 9.72. The lowest BCUT2D eigenvalue weighted by Gasteiger charge is -2.17. The minimum atomic E-state index is -4.62. The van der Waals surface area contributed by atoms with Crippen molar-refractivity contribution < 1.29 is 18.0 Å². The molecule has 0 bridgehead atoms. The Bertz CT molecular complexity index is 1120. The van der Waals surface area contributed by atoms with Crippen molar-refractivity contribution in [2.45, 2.75) is 24.9 Å². The molecule has 0 saturated heterocycles. The predicted molar refractivity (Wildman–Crippen MR) is 111 cm³/mol. The summed E-state index contributed by atoms with van der Waals surface area (Å²) in [7, 11) is 3.22. The van der Waals surface area contributed by atoms with E-state index >= 15 is 0 Å². The Morgan fingerprint density at radius 2 is 1.87 bits per heavy atom. The number of hydrogen-bond acceptors (Lipinski definition) is 5. The average Bonchev–Trinajstić information content (AvgIpc) is 3.51. The van der Waals surface area contributed by atoms with Crippen molar-refractivity contribution in [1.82, 2.24) is 20.1 Å². The van der Waals surface area contributed by atoms with Gasteiger partial charge in [0.25, 0.3) is 5.91 Å². The molecule has 1 aliphatic rings. The number of benzene rings is 1. The van der Waals surface area contributed by atoms with Gasteiger partial charge in [0, 0.05) is 38.3 Å². The van der Waals surface area contributed by atoms with Gasteiger partial charge in [0.15, 0.2) is 0 Å². The van der Waals surface area contributed by atoms with Crippen LogP contribution in [0.3, 0.4) is 0 Å². The van der Waals surface area contributed by atoms with Crippen molar-refractivity contribution >= 4 is 28.9 Å². The van der Waals surface area contributed by atoms with E-state index in [-0.39, 0.29) is 22.8 Å². The summed E-state index contributed by atoms with van der Waals surface area (Å²) in [5, 5.41) is 12.7. The standard InChI is InChI=1S/C21H21F3N6O/c1-25-20(31)13-5-3-4-6-15(13)27-17-9-18(26-11-14(17)21(22,23)24)28-19-10-16(12-7-8-12)29-30(19)2/h3-6,9-12H,7-8H2,1-2H3,(H,25,31)(H2,26,27,28). The van der Waals surface area contributed by atoms with Crippen LogP contribution < -0.4 is 16.0 Å². The van der Waals surface area contributed by atoms with Crippen LogP contribution in [0.1, 0.15) is 40.4 Å². The molecule has 3 N–H and O–H groups in total. The number of rotatable bonds is 6. The summed E-state index contributed by atoms with van der Waals surface area (Å²) in [4.78, 5) is 16.0. The molecule has 3 aromatic rings. The van der Waals surface area contributed by atoms with Gasteiger partial charge >= 0.3 is 6.18 Å². The number of carbonyl (C=O) groups excluding carboxylic acids is 1. The molecule has 1 saturated carbocycles. The lowest BCUT2D eigenvalue weighted by atomic mass is 10.1. The number of halogens is 3. The van der Waals surface area contributed by atoms with Gasteiger partial charge in [0.1, 0.15) is 11.6 Å². The summed E-state index contributed by atoms with van der Waals surface area (Å²) in [6, 6.07) is 9.50. The van der Waals surface area contributed by atoms with E-state index in [4.69, 9.17) is 0 Å². The van der Waals surface area contributed by atoms with Crippen LogP contribution in [0.15, 0.2) is 42.6 Å². The van der Waals surface area contributed by atoms with E-state index in [1.807, 2.05) is 6.07 Å². The molecule has 0 aliphatic heterocycles. The largest absolute Gasteiger partial charge is 0.419 e. The number of amides is 1. The molecule has 0 atom stereocenters. The van der Waals surface area contributed by atoms with Crippen LogP contribution in [0.4, 0.5) is 36.2 Å². The number of para-hydroxylation sites is 1. The summed E-state index contributed by atoms with van der Waals surface area (Å²) in [5.41, 5.74) is 0.278. The Balaban J connectivity index is 1.68. The number of carbonyl (C=O) groups is 1. The molecule has 0 spiro atoms. The van der Waals surface area contributed by atoms with Gasteiger partial charge in [-0.3, -0.25) is 9.48 Å². The van der Waals surface area contributed by atoms with Gasteiger partial charge in [-0.2, -0.15) is 18.3 Å². The fourth-order valence-corrected chi connectivity index (χ4v) is 3.24. The van der Waals surface area contributed by atoms with Crippen molar-refractivity contribution in [3.63, 3.8) is 0 Å². The molecule has 1 amide bonds. The molecule has 0 radical (unpaired) electrons. The van der Waals surface area contributed by atoms with E-state index < -0.39 is 17.6 Å². The molecule has 1 fully saturated rings. The number of nitrogens with zero attached hydrogens (tertiary/aromatic N) is 3. The predicted octanol–water partition coefficient (Wildman–Crippen LogP) is 4.56. The second kappa shape index (κ2) is 7.93. The van der Waals surface area contributed by atoms with Gasteiger partial charge in [-0.05, 0) is 25.0 Å². The van der Waals surface area contributed by atoms with Crippen LogP contribution in [0.2, 0.25) is 0 Å². The third-order valence-electron chi connectivity index (χ3n) is 5.03. The smallest absolute Gasteiger partial charge is 0.355 e. The van der Waals surface area contributed by atoms with Gasteiger partial charge in [-0.15, -0.1) is 0 Å². The molecule has 10 heteroatoms. The van der Waals surface area contributed by atoms with Gasteiger partial charge in [0.2, 0.25) is 0 Å². The summed E-state index contributed by atoms with van der Waals surface area (Å²) in [5.74, 6) is 0.886. The topological polar surface area (TPSA) is 83.9 Å². The van der Waals surface area contributed by atoms with Crippen LogP contribution in [0.5, 0.6) is 0 Å². The molecule has 1 aromatic carbocycles. The molecule has 1 aliphatic carbocycles. The van der Waals surface area contributed by atoms with Crippen molar-refractivity contribution in [2.75, 3.05) is 17.7 Å². The number of alkyl halides is 3. The number of nitrogens with one attached hydrogen (secondary N) is 3. The number of pyridine rings is 1. The Morgan fingerprint density at radius 1 is 1.13 bits per heavy atom. The first-order chi connectivity index (χ1) is 14.8. The number of aromatic nitrogens is 3. The molecule has 7 nitrogen and oxygen atoms in total. The van der Waals surface area contributed by atoms with Crippen LogP contribution in [0, 0.1) is 0 Å². The zero-order valence-corrected chi connectivity index (χ0v) is 16.9. The van der Waals surface area contributed by atoms with Crippen molar-refractivity contribution in [3.8, 4) is 0 Å². The van der Waals surface area contributed by atoms with Crippen molar-refractivity contribution in [2.24, 2.45) is 7.05 Å². The minimum absolute atomic E-state index is 0.217. The Morgan fingerprint density at radius 3 is 2.55 bits per heavy atom. The molecular weight excluding hydrogens is 409 g/mol. The van der Waals surface area contributed by atoms with Crippen LogP contribution in [0.25, 0.3) is 0 Å².